The number of rotatable bonds is 7. The molecule has 0 spiro atoms. The third-order valence-corrected chi connectivity index (χ3v) is 4.69. The molecule has 1 heterocycles. The molecule has 0 bridgehead atoms. The molecular formula is C21H26N2O3. The lowest BCUT2D eigenvalue weighted by Crippen LogP contribution is -2.36. The molecule has 0 aromatic heterocycles. The molecule has 26 heavy (non-hydrogen) atoms. The van der Waals surface area contributed by atoms with Gasteiger partial charge in [0.05, 0.1) is 13.2 Å². The normalized spacial score (nSPS) is 17.7. The molecule has 2 aromatic carbocycles. The molecule has 2 aromatic rings. The number of hydrogen-bond acceptors (Lipinski definition) is 4. The minimum absolute atomic E-state index is 0.134. The van der Waals surface area contributed by atoms with Crippen molar-refractivity contribution in [3.8, 4) is 5.75 Å². The highest BCUT2D eigenvalue weighted by atomic mass is 16.5. The summed E-state index contributed by atoms with van der Waals surface area (Å²) in [6, 6.07) is 15.3. The van der Waals surface area contributed by atoms with Crippen LogP contribution in [0.15, 0.2) is 48.5 Å². The van der Waals surface area contributed by atoms with Gasteiger partial charge in [-0.1, -0.05) is 12.1 Å². The second-order valence-corrected chi connectivity index (χ2v) is 6.60. The zero-order valence-electron chi connectivity index (χ0n) is 15.3. The Morgan fingerprint density at radius 1 is 1.27 bits per heavy atom. The predicted molar refractivity (Wildman–Crippen MR) is 103 cm³/mol. The van der Waals surface area contributed by atoms with Crippen molar-refractivity contribution < 1.29 is 14.3 Å². The Morgan fingerprint density at radius 3 is 2.77 bits per heavy atom. The Hall–Kier alpha value is -2.37. The topological polar surface area (TPSA) is 59.6 Å². The molecule has 1 amide bonds. The summed E-state index contributed by atoms with van der Waals surface area (Å²) < 4.78 is 10.8. The number of carbonyl (C=O) groups is 1. The first-order valence-electron chi connectivity index (χ1n) is 9.05. The molecule has 0 aliphatic carbocycles. The molecule has 3 rings (SSSR count). The fraction of sp³-hybridized carbons (Fsp3) is 0.381. The van der Waals surface area contributed by atoms with Crippen LogP contribution >= 0.6 is 0 Å². The van der Waals surface area contributed by atoms with Gasteiger partial charge in [-0.3, -0.25) is 4.79 Å². The molecule has 0 radical (unpaired) electrons. The summed E-state index contributed by atoms with van der Waals surface area (Å²) in [5.74, 6) is 0.598. The van der Waals surface area contributed by atoms with Gasteiger partial charge in [-0.2, -0.15) is 0 Å². The quantitative estimate of drug-likeness (QED) is 0.797. The lowest BCUT2D eigenvalue weighted by molar-refractivity contribution is 0.0832. The van der Waals surface area contributed by atoms with Crippen LogP contribution in [0.4, 0.5) is 5.69 Å². The second kappa shape index (κ2) is 8.83. The summed E-state index contributed by atoms with van der Waals surface area (Å²) in [7, 11) is 1.61. The molecule has 1 aliphatic rings. The van der Waals surface area contributed by atoms with Gasteiger partial charge in [-0.15, -0.1) is 0 Å². The van der Waals surface area contributed by atoms with Gasteiger partial charge in [0.25, 0.3) is 5.91 Å². The number of amides is 1. The first-order chi connectivity index (χ1) is 12.7. The van der Waals surface area contributed by atoms with E-state index in [1.807, 2.05) is 18.2 Å². The monoisotopic (exact) mass is 354 g/mol. The number of carbonyl (C=O) groups excluding carboxylic acids is 1. The Bertz CT molecular complexity index is 724. The average molecular weight is 354 g/mol. The molecule has 5 nitrogen and oxygen atoms in total. The van der Waals surface area contributed by atoms with Gasteiger partial charge in [0.15, 0.2) is 0 Å². The van der Waals surface area contributed by atoms with Crippen molar-refractivity contribution in [2.24, 2.45) is 0 Å². The van der Waals surface area contributed by atoms with Crippen LogP contribution in [0.3, 0.4) is 0 Å². The van der Waals surface area contributed by atoms with Gasteiger partial charge in [-0.25, -0.2) is 0 Å². The standard InChI is InChI=1S/C21H26N2O3/c1-15(20-7-4-12-26-20)22-14-16-5-3-6-18(13-16)23-21(24)17-8-10-19(25-2)11-9-17/h3,5-6,8-11,13,15,20,22H,4,7,12,14H2,1-2H3,(H,23,24). The molecule has 1 fully saturated rings. The SMILES string of the molecule is COc1ccc(C(=O)Nc2cccc(CNC(C)C3CCCO3)c2)cc1. The summed E-state index contributed by atoms with van der Waals surface area (Å²) in [6.07, 6.45) is 2.56. The number of nitrogens with one attached hydrogen (secondary N) is 2. The van der Waals surface area contributed by atoms with Gasteiger partial charge >= 0.3 is 0 Å². The molecular weight excluding hydrogens is 328 g/mol. The van der Waals surface area contributed by atoms with E-state index in [0.717, 1.165) is 43.0 Å². The highest BCUT2D eigenvalue weighted by molar-refractivity contribution is 6.04. The molecule has 138 valence electrons. The third-order valence-electron chi connectivity index (χ3n) is 4.69. The fourth-order valence-electron chi connectivity index (χ4n) is 3.11. The van der Waals surface area contributed by atoms with Crippen molar-refractivity contribution in [2.75, 3.05) is 19.0 Å². The Kier molecular flexibility index (Phi) is 6.26. The molecule has 2 N–H and O–H groups in total. The third kappa shape index (κ3) is 4.84. The maximum Gasteiger partial charge on any atom is 0.255 e. The fourth-order valence-corrected chi connectivity index (χ4v) is 3.11. The van der Waals surface area contributed by atoms with Crippen molar-refractivity contribution in [1.82, 2.24) is 5.32 Å². The average Bonchev–Trinajstić information content (AvgIpc) is 3.21. The van der Waals surface area contributed by atoms with Crippen LogP contribution in [0, 0.1) is 0 Å². The maximum absolute atomic E-state index is 12.4. The van der Waals surface area contributed by atoms with Gasteiger partial charge in [0.1, 0.15) is 5.75 Å². The van der Waals surface area contributed by atoms with Crippen molar-refractivity contribution in [3.63, 3.8) is 0 Å². The highest BCUT2D eigenvalue weighted by Gasteiger charge is 2.21. The second-order valence-electron chi connectivity index (χ2n) is 6.60. The van der Waals surface area contributed by atoms with Crippen LogP contribution in [-0.4, -0.2) is 31.8 Å². The first-order valence-corrected chi connectivity index (χ1v) is 9.05. The van der Waals surface area contributed by atoms with E-state index in [1.54, 1.807) is 31.4 Å². The molecule has 1 aliphatic heterocycles. The molecule has 1 saturated heterocycles. The Labute approximate surface area is 154 Å². The van der Waals surface area contributed by atoms with Crippen molar-refractivity contribution in [3.05, 3.63) is 59.7 Å². The summed E-state index contributed by atoms with van der Waals surface area (Å²) in [5, 5.41) is 6.46. The van der Waals surface area contributed by atoms with E-state index in [4.69, 9.17) is 9.47 Å². The molecule has 0 saturated carbocycles. The molecule has 2 atom stereocenters. The van der Waals surface area contributed by atoms with E-state index >= 15 is 0 Å². The predicted octanol–water partition coefficient (Wildman–Crippen LogP) is 3.60. The van der Waals surface area contributed by atoms with E-state index < -0.39 is 0 Å². The Morgan fingerprint density at radius 2 is 2.08 bits per heavy atom. The smallest absolute Gasteiger partial charge is 0.255 e. The first kappa shape index (κ1) is 18.4. The van der Waals surface area contributed by atoms with E-state index in [2.05, 4.69) is 23.6 Å². The maximum atomic E-state index is 12.4. The van der Waals surface area contributed by atoms with Crippen LogP contribution in [-0.2, 0) is 11.3 Å². The largest absolute Gasteiger partial charge is 0.497 e. The minimum Gasteiger partial charge on any atom is -0.497 e. The lowest BCUT2D eigenvalue weighted by atomic mass is 10.1. The summed E-state index contributed by atoms with van der Waals surface area (Å²) in [4.78, 5) is 12.4. The van der Waals surface area contributed by atoms with E-state index in [-0.39, 0.29) is 5.91 Å². The van der Waals surface area contributed by atoms with Crippen molar-refractivity contribution in [2.45, 2.75) is 38.5 Å². The molecule has 2 unspecified atom stereocenters. The van der Waals surface area contributed by atoms with Crippen LogP contribution < -0.4 is 15.4 Å². The number of benzene rings is 2. The molecule has 5 heteroatoms. The summed E-state index contributed by atoms with van der Waals surface area (Å²) in [5.41, 5.74) is 2.51. The van der Waals surface area contributed by atoms with Crippen LogP contribution in [0.2, 0.25) is 0 Å². The number of hydrogen-bond donors (Lipinski definition) is 2. The number of methoxy groups -OCH3 is 1. The minimum atomic E-state index is -0.134. The van der Waals surface area contributed by atoms with E-state index in [9.17, 15) is 4.79 Å². The highest BCUT2D eigenvalue weighted by Crippen LogP contribution is 2.17. The van der Waals surface area contributed by atoms with Gasteiger partial charge in [0, 0.05) is 30.4 Å². The summed E-state index contributed by atoms with van der Waals surface area (Å²) >= 11 is 0. The van der Waals surface area contributed by atoms with Gasteiger partial charge in [0.2, 0.25) is 0 Å². The number of anilines is 1. The zero-order valence-corrected chi connectivity index (χ0v) is 15.3. The van der Waals surface area contributed by atoms with Gasteiger partial charge in [-0.05, 0) is 61.7 Å². The van der Waals surface area contributed by atoms with Crippen LogP contribution in [0.25, 0.3) is 0 Å². The van der Waals surface area contributed by atoms with E-state index in [0.29, 0.717) is 17.7 Å². The zero-order chi connectivity index (χ0) is 18.4. The van der Waals surface area contributed by atoms with Gasteiger partial charge < -0.3 is 20.1 Å². The van der Waals surface area contributed by atoms with E-state index in [1.165, 1.54) is 0 Å². The lowest BCUT2D eigenvalue weighted by Gasteiger charge is -2.20. The van der Waals surface area contributed by atoms with Crippen LogP contribution in [0.5, 0.6) is 5.75 Å². The summed E-state index contributed by atoms with van der Waals surface area (Å²) in [6.45, 7) is 3.77. The number of ether oxygens (including phenoxy) is 2. The van der Waals surface area contributed by atoms with Crippen molar-refractivity contribution in [1.29, 1.82) is 0 Å². The Balaban J connectivity index is 1.56. The van der Waals surface area contributed by atoms with Crippen LogP contribution in [0.1, 0.15) is 35.7 Å². The van der Waals surface area contributed by atoms with Crippen molar-refractivity contribution >= 4 is 11.6 Å².